The van der Waals surface area contributed by atoms with Crippen molar-refractivity contribution in [1.29, 1.82) is 0 Å². The molecule has 3 rings (SSSR count). The maximum atomic E-state index is 12.4. The summed E-state index contributed by atoms with van der Waals surface area (Å²) in [4.78, 5) is 27.5. The maximum Gasteiger partial charge on any atom is 0.348 e. The van der Waals surface area contributed by atoms with Crippen molar-refractivity contribution in [3.05, 3.63) is 51.7 Å². The third-order valence-corrected chi connectivity index (χ3v) is 6.54. The Hall–Kier alpha value is -2.18. The number of hydrogen-bond donors (Lipinski definition) is 0. The number of methoxy groups -OCH3 is 1. The fraction of sp³-hybridized carbons (Fsp3) is 0.500. The third kappa shape index (κ3) is 5.92. The number of anilines is 1. The van der Waals surface area contributed by atoms with Crippen LogP contribution in [0.2, 0.25) is 0 Å². The van der Waals surface area contributed by atoms with Gasteiger partial charge in [0.1, 0.15) is 17.7 Å². The minimum absolute atomic E-state index is 0.0137. The van der Waals surface area contributed by atoms with Crippen molar-refractivity contribution in [2.24, 2.45) is 0 Å². The predicted molar refractivity (Wildman–Crippen MR) is 120 cm³/mol. The Morgan fingerprint density at radius 1 is 1.10 bits per heavy atom. The molecule has 0 aliphatic carbocycles. The predicted octanol–water partition coefficient (Wildman–Crippen LogP) is 5.37. The zero-order valence-electron chi connectivity index (χ0n) is 17.9. The highest BCUT2D eigenvalue weighted by molar-refractivity contribution is 7.13. The lowest BCUT2D eigenvalue weighted by atomic mass is 10.1. The van der Waals surface area contributed by atoms with Crippen molar-refractivity contribution >= 4 is 28.9 Å². The van der Waals surface area contributed by atoms with E-state index in [0.29, 0.717) is 4.88 Å². The summed E-state index contributed by atoms with van der Waals surface area (Å²) in [6.07, 6.45) is 8.36. The lowest BCUT2D eigenvalue weighted by Gasteiger charge is -2.23. The van der Waals surface area contributed by atoms with E-state index in [1.807, 2.05) is 18.2 Å². The van der Waals surface area contributed by atoms with Crippen LogP contribution in [0.5, 0.6) is 0 Å². The first kappa shape index (κ1) is 22.5. The number of aryl methyl sites for hydroxylation is 2. The molecule has 0 spiro atoms. The van der Waals surface area contributed by atoms with E-state index in [1.54, 1.807) is 11.0 Å². The number of thiophene rings is 1. The van der Waals surface area contributed by atoms with Crippen LogP contribution in [0.4, 0.5) is 5.69 Å². The average Bonchev–Trinajstić information content (AvgIpc) is 3.38. The number of hydrogen-bond acceptors (Lipinski definition) is 5. The highest BCUT2D eigenvalue weighted by Crippen LogP contribution is 2.27. The van der Waals surface area contributed by atoms with Gasteiger partial charge in [0, 0.05) is 10.6 Å². The smallest absolute Gasteiger partial charge is 0.348 e. The number of esters is 1. The van der Waals surface area contributed by atoms with Crippen molar-refractivity contribution in [2.45, 2.75) is 64.5 Å². The van der Waals surface area contributed by atoms with Crippen LogP contribution in [0.3, 0.4) is 0 Å². The molecule has 0 N–H and O–H groups in total. The van der Waals surface area contributed by atoms with Crippen LogP contribution >= 0.6 is 11.3 Å². The third-order valence-electron chi connectivity index (χ3n) is 5.41. The van der Waals surface area contributed by atoms with Crippen LogP contribution in [0.15, 0.2) is 36.4 Å². The molecule has 2 aromatic rings. The number of unbranched alkanes of at least 4 members (excludes halogenated alkanes) is 3. The van der Waals surface area contributed by atoms with Crippen LogP contribution in [0.1, 0.15) is 65.6 Å². The molecule has 1 fully saturated rings. The van der Waals surface area contributed by atoms with E-state index < -0.39 is 0 Å². The van der Waals surface area contributed by atoms with E-state index in [1.165, 1.54) is 49.7 Å². The van der Waals surface area contributed by atoms with Gasteiger partial charge in [-0.3, -0.25) is 9.69 Å². The molecule has 2 heterocycles. The summed E-state index contributed by atoms with van der Waals surface area (Å²) in [5.41, 5.74) is 2.22. The second-order valence-electron chi connectivity index (χ2n) is 7.66. The zero-order chi connectivity index (χ0) is 21.3. The van der Waals surface area contributed by atoms with Crippen molar-refractivity contribution in [1.82, 2.24) is 0 Å². The van der Waals surface area contributed by atoms with Gasteiger partial charge in [-0.15, -0.1) is 11.3 Å². The number of carbonyl (C=O) groups excluding carboxylic acids is 2. The van der Waals surface area contributed by atoms with E-state index in [4.69, 9.17) is 9.47 Å². The Kier molecular flexibility index (Phi) is 8.46. The summed E-state index contributed by atoms with van der Waals surface area (Å²) >= 11 is 1.46. The quantitative estimate of drug-likeness (QED) is 0.356. The molecule has 1 atom stereocenters. The summed E-state index contributed by atoms with van der Waals surface area (Å²) in [5, 5.41) is 0. The zero-order valence-corrected chi connectivity index (χ0v) is 18.7. The number of amides is 1. The molecule has 1 saturated heterocycles. The first-order valence-corrected chi connectivity index (χ1v) is 11.6. The molecule has 1 amide bonds. The number of benzene rings is 1. The second-order valence-corrected chi connectivity index (χ2v) is 8.82. The number of nitrogens with zero attached hydrogens (tertiary/aromatic N) is 1. The fourth-order valence-electron chi connectivity index (χ4n) is 3.75. The van der Waals surface area contributed by atoms with E-state index in [9.17, 15) is 9.59 Å². The molecule has 0 saturated carbocycles. The summed E-state index contributed by atoms with van der Waals surface area (Å²) in [6.45, 7) is 2.36. The lowest BCUT2D eigenvalue weighted by molar-refractivity contribution is -0.117. The Morgan fingerprint density at radius 3 is 2.63 bits per heavy atom. The van der Waals surface area contributed by atoms with E-state index >= 15 is 0 Å². The Balaban J connectivity index is 1.52. The maximum absolute atomic E-state index is 12.4. The largest absolute Gasteiger partial charge is 0.465 e. The topological polar surface area (TPSA) is 55.8 Å². The van der Waals surface area contributed by atoms with Gasteiger partial charge >= 0.3 is 5.97 Å². The van der Waals surface area contributed by atoms with Crippen molar-refractivity contribution in [3.63, 3.8) is 0 Å². The van der Waals surface area contributed by atoms with Gasteiger partial charge in [0.15, 0.2) is 0 Å². The summed E-state index contributed by atoms with van der Waals surface area (Å²) in [7, 11) is 1.39. The molecule has 1 aromatic carbocycles. The Morgan fingerprint density at radius 2 is 1.90 bits per heavy atom. The normalized spacial score (nSPS) is 16.3. The van der Waals surface area contributed by atoms with Crippen LogP contribution < -0.4 is 4.90 Å². The molecule has 162 valence electrons. The van der Waals surface area contributed by atoms with E-state index in [-0.39, 0.29) is 24.7 Å². The summed E-state index contributed by atoms with van der Waals surface area (Å²) in [6, 6.07) is 12.1. The second kappa shape index (κ2) is 11.3. The van der Waals surface area contributed by atoms with Crippen LogP contribution in [0, 0.1) is 0 Å². The molecular formula is C24H31NO4S. The average molecular weight is 430 g/mol. The molecule has 6 heteroatoms. The lowest BCUT2D eigenvalue weighted by Crippen LogP contribution is -2.33. The van der Waals surface area contributed by atoms with Gasteiger partial charge in [0.05, 0.1) is 7.11 Å². The van der Waals surface area contributed by atoms with Crippen LogP contribution in [-0.4, -0.2) is 31.8 Å². The van der Waals surface area contributed by atoms with Gasteiger partial charge in [0.2, 0.25) is 0 Å². The highest BCUT2D eigenvalue weighted by Gasteiger charge is 2.32. The van der Waals surface area contributed by atoms with Gasteiger partial charge < -0.3 is 9.47 Å². The van der Waals surface area contributed by atoms with Crippen LogP contribution in [0.25, 0.3) is 0 Å². The minimum atomic E-state index is -0.295. The number of rotatable bonds is 11. The van der Waals surface area contributed by atoms with Crippen molar-refractivity contribution in [2.75, 3.05) is 18.6 Å². The molecule has 30 heavy (non-hydrogen) atoms. The molecule has 5 nitrogen and oxygen atoms in total. The first-order valence-electron chi connectivity index (χ1n) is 10.8. The molecule has 0 bridgehead atoms. The fourth-order valence-corrected chi connectivity index (χ4v) is 4.72. The molecule has 1 aliphatic rings. The van der Waals surface area contributed by atoms with Gasteiger partial charge in [-0.2, -0.15) is 0 Å². The first-order chi connectivity index (χ1) is 14.6. The van der Waals surface area contributed by atoms with Gasteiger partial charge in [0.25, 0.3) is 5.91 Å². The van der Waals surface area contributed by atoms with Crippen LogP contribution in [-0.2, 0) is 27.1 Å². The molecule has 1 aromatic heterocycles. The van der Waals surface area contributed by atoms with Crippen molar-refractivity contribution < 1.29 is 19.1 Å². The Bertz CT molecular complexity index is 830. The number of ether oxygens (including phenoxy) is 2. The van der Waals surface area contributed by atoms with Crippen molar-refractivity contribution in [3.8, 4) is 0 Å². The Labute approximate surface area is 183 Å². The highest BCUT2D eigenvalue weighted by atomic mass is 32.1. The SMILES string of the molecule is CCCCCCc1ccc(N2C(=O)CO[C@@H]2CCCc2ccc(C(=O)OC)s2)cc1. The minimum Gasteiger partial charge on any atom is -0.465 e. The standard InChI is InChI=1S/C24H31NO4S/c1-3-4-5-6-8-18-11-13-19(14-12-18)25-22(26)17-29-23(25)10-7-9-20-15-16-21(30-20)24(27)28-2/h11-16,23H,3-10,17H2,1-2H3/t23-/m1/s1. The monoisotopic (exact) mass is 429 g/mol. The summed E-state index contributed by atoms with van der Waals surface area (Å²) in [5.74, 6) is -0.282. The summed E-state index contributed by atoms with van der Waals surface area (Å²) < 4.78 is 10.5. The van der Waals surface area contributed by atoms with Gasteiger partial charge in [-0.05, 0) is 61.9 Å². The van der Waals surface area contributed by atoms with E-state index in [2.05, 4.69) is 19.1 Å². The van der Waals surface area contributed by atoms with E-state index in [0.717, 1.165) is 36.2 Å². The molecule has 1 aliphatic heterocycles. The molecular weight excluding hydrogens is 398 g/mol. The molecule has 0 radical (unpaired) electrons. The number of carbonyl (C=O) groups is 2. The van der Waals surface area contributed by atoms with Gasteiger partial charge in [-0.25, -0.2) is 4.79 Å². The molecule has 0 unspecified atom stereocenters. The van der Waals surface area contributed by atoms with Gasteiger partial charge in [-0.1, -0.05) is 38.3 Å².